The van der Waals surface area contributed by atoms with Crippen molar-refractivity contribution in [1.29, 1.82) is 0 Å². The van der Waals surface area contributed by atoms with Gasteiger partial charge in [-0.25, -0.2) is 0 Å². The van der Waals surface area contributed by atoms with Gasteiger partial charge in [-0.05, 0) is 18.2 Å². The van der Waals surface area contributed by atoms with Crippen LogP contribution in [0.3, 0.4) is 0 Å². The molecule has 0 saturated carbocycles. The van der Waals surface area contributed by atoms with E-state index in [9.17, 15) is 9.59 Å². The molecular formula is C13H19BrN3O3+. The van der Waals surface area contributed by atoms with Crippen LogP contribution in [-0.2, 0) is 16.1 Å². The predicted molar refractivity (Wildman–Crippen MR) is 78.1 cm³/mol. The van der Waals surface area contributed by atoms with E-state index in [-0.39, 0.29) is 18.4 Å². The zero-order valence-electron chi connectivity index (χ0n) is 11.7. The van der Waals surface area contributed by atoms with Gasteiger partial charge in [0.1, 0.15) is 12.3 Å². The van der Waals surface area contributed by atoms with Crippen molar-refractivity contribution < 1.29 is 19.2 Å². The van der Waals surface area contributed by atoms with E-state index in [4.69, 9.17) is 4.74 Å². The van der Waals surface area contributed by atoms with Gasteiger partial charge in [0.15, 0.2) is 6.54 Å². The van der Waals surface area contributed by atoms with Gasteiger partial charge in [0.2, 0.25) is 5.91 Å². The van der Waals surface area contributed by atoms with Crippen LogP contribution < -0.4 is 20.5 Å². The molecule has 0 heterocycles. The minimum atomic E-state index is -0.301. The van der Waals surface area contributed by atoms with Crippen molar-refractivity contribution >= 4 is 27.7 Å². The number of carbonyl (C=O) groups is 2. The lowest BCUT2D eigenvalue weighted by molar-refractivity contribution is -0.885. The van der Waals surface area contributed by atoms with Crippen LogP contribution in [-0.4, -0.2) is 32.5 Å². The Morgan fingerprint density at radius 1 is 1.35 bits per heavy atom. The van der Waals surface area contributed by atoms with E-state index in [1.807, 2.05) is 25.2 Å². The average Bonchev–Trinajstić information content (AvgIpc) is 2.36. The third-order valence-electron chi connectivity index (χ3n) is 2.57. The minimum Gasteiger partial charge on any atom is -0.496 e. The SMILES string of the molecule is COc1ccc(Br)cc1C[NH+](C)CC(=O)NNC(C)=O. The first kappa shape index (κ1) is 16.5. The highest BCUT2D eigenvalue weighted by Crippen LogP contribution is 2.21. The number of carbonyl (C=O) groups excluding carboxylic acids is 2. The lowest BCUT2D eigenvalue weighted by Gasteiger charge is -2.16. The van der Waals surface area contributed by atoms with Gasteiger partial charge in [-0.1, -0.05) is 15.9 Å². The third-order valence-corrected chi connectivity index (χ3v) is 3.07. The fourth-order valence-electron chi connectivity index (χ4n) is 1.75. The maximum absolute atomic E-state index is 11.6. The van der Waals surface area contributed by atoms with Gasteiger partial charge >= 0.3 is 0 Å². The van der Waals surface area contributed by atoms with Crippen LogP contribution in [0.25, 0.3) is 0 Å². The number of nitrogens with one attached hydrogen (secondary N) is 3. The van der Waals surface area contributed by atoms with Crippen molar-refractivity contribution in [2.45, 2.75) is 13.5 Å². The van der Waals surface area contributed by atoms with E-state index in [0.29, 0.717) is 6.54 Å². The van der Waals surface area contributed by atoms with Crippen LogP contribution in [0.2, 0.25) is 0 Å². The normalized spacial score (nSPS) is 11.6. The number of quaternary nitrogens is 1. The molecule has 2 amide bonds. The molecule has 0 aliphatic carbocycles. The summed E-state index contributed by atoms with van der Waals surface area (Å²) in [5.41, 5.74) is 5.61. The van der Waals surface area contributed by atoms with Crippen molar-refractivity contribution in [3.63, 3.8) is 0 Å². The van der Waals surface area contributed by atoms with Crippen LogP contribution in [0, 0.1) is 0 Å². The third kappa shape index (κ3) is 5.58. The molecule has 0 fully saturated rings. The number of amides is 2. The zero-order chi connectivity index (χ0) is 15.1. The molecule has 0 aliphatic rings. The summed E-state index contributed by atoms with van der Waals surface area (Å²) in [6.07, 6.45) is 0. The second kappa shape index (κ2) is 7.86. The first-order valence-corrected chi connectivity index (χ1v) is 6.90. The Hall–Kier alpha value is -1.60. The van der Waals surface area contributed by atoms with E-state index in [1.165, 1.54) is 6.92 Å². The largest absolute Gasteiger partial charge is 0.496 e. The maximum Gasteiger partial charge on any atom is 0.293 e. The van der Waals surface area contributed by atoms with Crippen LogP contribution in [0.1, 0.15) is 12.5 Å². The van der Waals surface area contributed by atoms with Crippen LogP contribution in [0.5, 0.6) is 5.75 Å². The number of methoxy groups -OCH3 is 1. The lowest BCUT2D eigenvalue weighted by Crippen LogP contribution is -3.09. The summed E-state index contributed by atoms with van der Waals surface area (Å²) in [6.45, 7) is 2.22. The molecule has 110 valence electrons. The fraction of sp³-hybridized carbons (Fsp3) is 0.385. The first-order valence-electron chi connectivity index (χ1n) is 6.11. The number of hydrazine groups is 1. The molecule has 1 rings (SSSR count). The molecule has 1 atom stereocenters. The number of rotatable bonds is 5. The van der Waals surface area contributed by atoms with E-state index in [0.717, 1.165) is 20.7 Å². The molecule has 0 aliphatic heterocycles. The Morgan fingerprint density at radius 2 is 2.05 bits per heavy atom. The Balaban J connectivity index is 2.57. The first-order chi connectivity index (χ1) is 9.42. The van der Waals surface area contributed by atoms with E-state index in [2.05, 4.69) is 26.8 Å². The van der Waals surface area contributed by atoms with Crippen molar-refractivity contribution in [3.05, 3.63) is 28.2 Å². The number of hydrogen-bond acceptors (Lipinski definition) is 3. The van der Waals surface area contributed by atoms with Crippen LogP contribution in [0.4, 0.5) is 0 Å². The molecule has 0 bridgehead atoms. The number of ether oxygens (including phenoxy) is 1. The molecule has 0 radical (unpaired) electrons. The maximum atomic E-state index is 11.6. The van der Waals surface area contributed by atoms with Gasteiger partial charge in [-0.2, -0.15) is 0 Å². The van der Waals surface area contributed by atoms with Crippen molar-refractivity contribution in [2.24, 2.45) is 0 Å². The Labute approximate surface area is 126 Å². The zero-order valence-corrected chi connectivity index (χ0v) is 13.3. The van der Waals surface area contributed by atoms with Gasteiger partial charge < -0.3 is 9.64 Å². The monoisotopic (exact) mass is 344 g/mol. The second-order valence-corrected chi connectivity index (χ2v) is 5.41. The summed E-state index contributed by atoms with van der Waals surface area (Å²) in [7, 11) is 3.51. The minimum absolute atomic E-state index is 0.244. The molecule has 7 heteroatoms. The van der Waals surface area contributed by atoms with Crippen LogP contribution >= 0.6 is 15.9 Å². The van der Waals surface area contributed by atoms with Gasteiger partial charge in [-0.3, -0.25) is 20.4 Å². The molecule has 0 aromatic heterocycles. The van der Waals surface area contributed by atoms with Gasteiger partial charge in [0, 0.05) is 17.0 Å². The van der Waals surface area contributed by atoms with Crippen LogP contribution in [0.15, 0.2) is 22.7 Å². The topological polar surface area (TPSA) is 71.9 Å². The molecule has 0 spiro atoms. The molecule has 3 N–H and O–H groups in total. The van der Waals surface area contributed by atoms with Crippen molar-refractivity contribution in [2.75, 3.05) is 20.7 Å². The molecule has 1 unspecified atom stereocenters. The number of hydrogen-bond donors (Lipinski definition) is 3. The summed E-state index contributed by atoms with van der Waals surface area (Å²) >= 11 is 3.42. The average molecular weight is 345 g/mol. The quantitative estimate of drug-likeness (QED) is 0.639. The highest BCUT2D eigenvalue weighted by molar-refractivity contribution is 9.10. The highest BCUT2D eigenvalue weighted by Gasteiger charge is 2.13. The molecule has 20 heavy (non-hydrogen) atoms. The smallest absolute Gasteiger partial charge is 0.293 e. The predicted octanol–water partition coefficient (Wildman–Crippen LogP) is -0.360. The number of benzene rings is 1. The van der Waals surface area contributed by atoms with Crippen molar-refractivity contribution in [3.8, 4) is 5.75 Å². The summed E-state index contributed by atoms with van der Waals surface area (Å²) in [6, 6.07) is 5.75. The molecule has 1 aromatic rings. The molecule has 6 nitrogen and oxygen atoms in total. The summed E-state index contributed by atoms with van der Waals surface area (Å²) < 4.78 is 6.26. The Morgan fingerprint density at radius 3 is 2.65 bits per heavy atom. The molecule has 1 aromatic carbocycles. The van der Waals surface area contributed by atoms with Gasteiger partial charge in [0.05, 0.1) is 14.2 Å². The fourth-order valence-corrected chi connectivity index (χ4v) is 2.16. The van der Waals surface area contributed by atoms with E-state index in [1.54, 1.807) is 7.11 Å². The molecular weight excluding hydrogens is 326 g/mol. The Kier molecular flexibility index (Phi) is 6.47. The van der Waals surface area contributed by atoms with Gasteiger partial charge in [-0.15, -0.1) is 0 Å². The number of likely N-dealkylation sites (N-methyl/N-ethyl adjacent to an activating group) is 1. The Bertz CT molecular complexity index is 494. The van der Waals surface area contributed by atoms with Crippen molar-refractivity contribution in [1.82, 2.24) is 10.9 Å². The highest BCUT2D eigenvalue weighted by atomic mass is 79.9. The van der Waals surface area contributed by atoms with E-state index >= 15 is 0 Å². The molecule has 0 saturated heterocycles. The second-order valence-electron chi connectivity index (χ2n) is 4.50. The standard InChI is InChI=1S/C13H18BrN3O3/c1-9(18)15-16-13(19)8-17(2)7-10-6-11(14)4-5-12(10)20-3/h4-6H,7-8H2,1-3H3,(H,15,18)(H,16,19)/p+1. The number of halogens is 1. The van der Waals surface area contributed by atoms with E-state index < -0.39 is 0 Å². The summed E-state index contributed by atoms with van der Waals surface area (Å²) in [5, 5.41) is 0. The van der Waals surface area contributed by atoms with Gasteiger partial charge in [0.25, 0.3) is 5.91 Å². The lowest BCUT2D eigenvalue weighted by atomic mass is 10.2. The summed E-state index contributed by atoms with van der Waals surface area (Å²) in [5.74, 6) is 0.242. The summed E-state index contributed by atoms with van der Waals surface area (Å²) in [4.78, 5) is 23.3.